The minimum Gasteiger partial charge on any atom is -0.343 e. The van der Waals surface area contributed by atoms with Gasteiger partial charge in [-0.05, 0) is 12.8 Å². The quantitative estimate of drug-likeness (QED) is 0.541. The van der Waals surface area contributed by atoms with E-state index in [1.54, 1.807) is 0 Å². The molecular formula is C5H6N2O. The maximum absolute atomic E-state index is 6.90. The van der Waals surface area contributed by atoms with Crippen LogP contribution in [0, 0.1) is 0 Å². The van der Waals surface area contributed by atoms with Crippen molar-refractivity contribution in [2.24, 2.45) is 0 Å². The third-order valence-electron chi connectivity index (χ3n) is 1.28. The Hall–Kier alpha value is -0.860. The van der Waals surface area contributed by atoms with Gasteiger partial charge in [-0.2, -0.15) is 4.98 Å². The van der Waals surface area contributed by atoms with Gasteiger partial charge in [0.25, 0.3) is 0 Å². The summed E-state index contributed by atoms with van der Waals surface area (Å²) in [4.78, 5) is 3.76. The molecule has 1 fully saturated rings. The Balaban J connectivity index is 2.28. The summed E-state index contributed by atoms with van der Waals surface area (Å²) in [5, 5.41) is 3.60. The predicted molar refractivity (Wildman–Crippen MR) is 26.3 cm³/mol. The lowest BCUT2D eigenvalue weighted by Gasteiger charge is -1.76. The van der Waals surface area contributed by atoms with Gasteiger partial charge in [-0.15, -0.1) is 0 Å². The summed E-state index contributed by atoms with van der Waals surface area (Å²) in [6.07, 6.45) is 2.23. The zero-order chi connectivity index (χ0) is 6.27. The van der Waals surface area contributed by atoms with Gasteiger partial charge in [-0.25, -0.2) is 0 Å². The Bertz CT molecular complexity index is 218. The highest BCUT2D eigenvalue weighted by Crippen LogP contribution is 2.37. The van der Waals surface area contributed by atoms with Crippen LogP contribution in [0.25, 0.3) is 0 Å². The number of aromatic nitrogens is 2. The summed E-state index contributed by atoms with van der Waals surface area (Å²) in [6.45, 7) is 0. The molecule has 0 radical (unpaired) electrons. The Morgan fingerprint density at radius 2 is 2.75 bits per heavy atom. The highest BCUT2D eigenvalue weighted by atomic mass is 16.5. The van der Waals surface area contributed by atoms with Crippen LogP contribution in [0.4, 0.5) is 0 Å². The molecular weight excluding hydrogens is 104 g/mol. The second-order valence-electron chi connectivity index (χ2n) is 2.02. The first-order valence-corrected chi connectivity index (χ1v) is 2.66. The van der Waals surface area contributed by atoms with Crippen LogP contribution in [-0.2, 0) is 0 Å². The fraction of sp³-hybridized carbons (Fsp3) is 0.600. The lowest BCUT2D eigenvalue weighted by atomic mass is 10.4. The Morgan fingerprint density at radius 1 is 1.88 bits per heavy atom. The van der Waals surface area contributed by atoms with E-state index in [2.05, 4.69) is 14.7 Å². The fourth-order valence-corrected chi connectivity index (χ4v) is 0.662. The van der Waals surface area contributed by atoms with E-state index in [0.29, 0.717) is 11.7 Å². The highest BCUT2D eigenvalue weighted by molar-refractivity contribution is 5.00. The van der Waals surface area contributed by atoms with Crippen LogP contribution in [-0.4, -0.2) is 10.1 Å². The summed E-state index contributed by atoms with van der Waals surface area (Å²) < 4.78 is 11.4. The number of hydrogen-bond acceptors (Lipinski definition) is 3. The minimum atomic E-state index is -0.0723. The van der Waals surface area contributed by atoms with E-state index in [1.165, 1.54) is 0 Å². The number of nitrogens with zero attached hydrogens (tertiary/aromatic N) is 2. The maximum Gasteiger partial charge on any atom is 0.213 e. The first-order chi connectivity index (χ1) is 4.36. The van der Waals surface area contributed by atoms with Gasteiger partial charge in [0.05, 0.1) is 0 Å². The zero-order valence-electron chi connectivity index (χ0n) is 5.29. The van der Waals surface area contributed by atoms with Gasteiger partial charge in [0.2, 0.25) is 6.37 Å². The van der Waals surface area contributed by atoms with Crippen LogP contribution < -0.4 is 0 Å². The van der Waals surface area contributed by atoms with Crippen molar-refractivity contribution in [1.29, 1.82) is 0 Å². The van der Waals surface area contributed by atoms with Gasteiger partial charge in [-0.1, -0.05) is 5.16 Å². The molecule has 3 nitrogen and oxygen atoms in total. The molecule has 0 atom stereocenters. The van der Waals surface area contributed by atoms with Crippen molar-refractivity contribution in [3.63, 3.8) is 0 Å². The second kappa shape index (κ2) is 1.31. The first-order valence-electron chi connectivity index (χ1n) is 3.16. The molecule has 0 N–H and O–H groups in total. The molecule has 2 rings (SSSR count). The molecule has 0 saturated heterocycles. The molecule has 8 heavy (non-hydrogen) atoms. The molecule has 42 valence electrons. The third-order valence-corrected chi connectivity index (χ3v) is 1.28. The fourth-order valence-electron chi connectivity index (χ4n) is 0.662. The molecule has 1 aliphatic carbocycles. The predicted octanol–water partition coefficient (Wildman–Crippen LogP) is 0.947. The van der Waals surface area contributed by atoms with Crippen LogP contribution in [0.1, 0.15) is 26.0 Å². The lowest BCUT2D eigenvalue weighted by molar-refractivity contribution is 0.410. The average Bonchev–Trinajstić information content (AvgIpc) is 2.58. The van der Waals surface area contributed by atoms with Gasteiger partial charge in [0.1, 0.15) is 1.37 Å². The van der Waals surface area contributed by atoms with Crippen molar-refractivity contribution in [1.82, 2.24) is 10.1 Å². The molecule has 1 saturated carbocycles. The largest absolute Gasteiger partial charge is 0.343 e. The number of rotatable bonds is 1. The third kappa shape index (κ3) is 0.510. The Labute approximate surface area is 48.1 Å². The van der Waals surface area contributed by atoms with Gasteiger partial charge in [-0.3, -0.25) is 0 Å². The normalized spacial score (nSPS) is 20.8. The van der Waals surface area contributed by atoms with Gasteiger partial charge < -0.3 is 4.52 Å². The van der Waals surface area contributed by atoms with Crippen molar-refractivity contribution >= 4 is 0 Å². The van der Waals surface area contributed by atoms with Crippen molar-refractivity contribution < 1.29 is 5.89 Å². The minimum absolute atomic E-state index is 0.0723. The zero-order valence-corrected chi connectivity index (χ0v) is 4.29. The van der Waals surface area contributed by atoms with Crippen LogP contribution >= 0.6 is 0 Å². The van der Waals surface area contributed by atoms with E-state index < -0.39 is 0 Å². The van der Waals surface area contributed by atoms with E-state index >= 15 is 0 Å². The van der Waals surface area contributed by atoms with Crippen molar-refractivity contribution in [3.8, 4) is 0 Å². The SMILES string of the molecule is [2H]c1nc(C2CC2)no1. The van der Waals surface area contributed by atoms with E-state index in [0.717, 1.165) is 12.8 Å². The van der Waals surface area contributed by atoms with E-state index in [4.69, 9.17) is 1.37 Å². The monoisotopic (exact) mass is 111 g/mol. The topological polar surface area (TPSA) is 38.9 Å². The van der Waals surface area contributed by atoms with Crippen LogP contribution in [0.15, 0.2) is 10.9 Å². The van der Waals surface area contributed by atoms with Crippen molar-refractivity contribution in [3.05, 3.63) is 12.2 Å². The summed E-state index contributed by atoms with van der Waals surface area (Å²) in [6, 6.07) is 0. The standard InChI is InChI=1S/C5H6N2O/c1-2-4(1)5-6-3-8-7-5/h3-4H,1-2H2/i3D. The molecule has 0 aliphatic heterocycles. The lowest BCUT2D eigenvalue weighted by Crippen LogP contribution is -1.78. The smallest absolute Gasteiger partial charge is 0.213 e. The Morgan fingerprint density at radius 3 is 3.25 bits per heavy atom. The van der Waals surface area contributed by atoms with Crippen LogP contribution in [0.3, 0.4) is 0 Å². The van der Waals surface area contributed by atoms with Crippen LogP contribution in [0.2, 0.25) is 0 Å². The molecule has 0 spiro atoms. The summed E-state index contributed by atoms with van der Waals surface area (Å²) in [5.74, 6) is 1.20. The Kier molecular flexibility index (Phi) is 0.526. The summed E-state index contributed by atoms with van der Waals surface area (Å²) in [7, 11) is 0. The summed E-state index contributed by atoms with van der Waals surface area (Å²) in [5.41, 5.74) is 0. The molecule has 0 unspecified atom stereocenters. The molecule has 0 bridgehead atoms. The highest BCUT2D eigenvalue weighted by Gasteiger charge is 2.27. The molecule has 3 heteroatoms. The van der Waals surface area contributed by atoms with Crippen molar-refractivity contribution in [2.75, 3.05) is 0 Å². The summed E-state index contributed by atoms with van der Waals surface area (Å²) >= 11 is 0. The van der Waals surface area contributed by atoms with Gasteiger partial charge in [0, 0.05) is 5.92 Å². The van der Waals surface area contributed by atoms with E-state index in [-0.39, 0.29) is 6.37 Å². The molecule has 1 aromatic heterocycles. The molecule has 1 aromatic rings. The molecule has 1 aliphatic rings. The molecule has 0 aromatic carbocycles. The second-order valence-corrected chi connectivity index (χ2v) is 2.02. The van der Waals surface area contributed by atoms with Gasteiger partial charge >= 0.3 is 0 Å². The average molecular weight is 111 g/mol. The van der Waals surface area contributed by atoms with Crippen molar-refractivity contribution in [2.45, 2.75) is 18.8 Å². The number of hydrogen-bond donors (Lipinski definition) is 0. The van der Waals surface area contributed by atoms with E-state index in [1.807, 2.05) is 0 Å². The van der Waals surface area contributed by atoms with E-state index in [9.17, 15) is 0 Å². The molecule has 0 amide bonds. The maximum atomic E-state index is 6.90. The molecule has 1 heterocycles. The first kappa shape index (κ1) is 3.22. The van der Waals surface area contributed by atoms with Crippen LogP contribution in [0.5, 0.6) is 0 Å². The van der Waals surface area contributed by atoms with Gasteiger partial charge in [0.15, 0.2) is 5.82 Å².